The number of aryl methyl sites for hydroxylation is 1. The highest BCUT2D eigenvalue weighted by atomic mass is 32.1. The van der Waals surface area contributed by atoms with E-state index in [0.717, 1.165) is 26.7 Å². The molecule has 24 heavy (non-hydrogen) atoms. The fraction of sp³-hybridized carbons (Fsp3) is 0.0556. The summed E-state index contributed by atoms with van der Waals surface area (Å²) in [5.74, 6) is -0.0114. The van der Waals surface area contributed by atoms with Crippen LogP contribution in [-0.4, -0.2) is 20.1 Å². The van der Waals surface area contributed by atoms with Crippen molar-refractivity contribution in [2.75, 3.05) is 0 Å². The normalized spacial score (nSPS) is 11.0. The largest absolute Gasteiger partial charge is 0.506 e. The Morgan fingerprint density at radius 1 is 1.12 bits per heavy atom. The zero-order chi connectivity index (χ0) is 16.7. The van der Waals surface area contributed by atoms with E-state index in [1.807, 2.05) is 37.3 Å². The monoisotopic (exact) mass is 335 g/mol. The van der Waals surface area contributed by atoms with Crippen molar-refractivity contribution in [1.82, 2.24) is 15.0 Å². The number of nitrogens with one attached hydrogen (secondary N) is 1. The summed E-state index contributed by atoms with van der Waals surface area (Å²) in [6.07, 6.45) is 1.29. The summed E-state index contributed by atoms with van der Waals surface area (Å²) in [6, 6.07) is 13.3. The number of aromatic nitrogens is 3. The lowest BCUT2D eigenvalue weighted by Crippen LogP contribution is -2.06. The maximum absolute atomic E-state index is 12.0. The van der Waals surface area contributed by atoms with Crippen LogP contribution in [0.15, 0.2) is 53.6 Å². The lowest BCUT2D eigenvalue weighted by atomic mass is 10.1. The average molecular weight is 335 g/mol. The van der Waals surface area contributed by atoms with E-state index in [-0.39, 0.29) is 11.3 Å². The Bertz CT molecular complexity index is 1100. The Kier molecular flexibility index (Phi) is 3.39. The van der Waals surface area contributed by atoms with Gasteiger partial charge in [0.15, 0.2) is 0 Å². The van der Waals surface area contributed by atoms with Gasteiger partial charge in [0.2, 0.25) is 0 Å². The minimum absolute atomic E-state index is 0.0114. The maximum atomic E-state index is 12.0. The molecule has 0 saturated carbocycles. The maximum Gasteiger partial charge on any atom is 0.258 e. The SMILES string of the molecule is Cc1nc(-c2ccccc2)sc1-c1cc(O)c2nc[nH]c(=O)c2c1. The zero-order valence-electron chi connectivity index (χ0n) is 12.8. The van der Waals surface area contributed by atoms with Crippen molar-refractivity contribution in [1.29, 1.82) is 0 Å². The third-order valence-electron chi connectivity index (χ3n) is 3.80. The number of H-pyrrole nitrogens is 1. The second-order valence-electron chi connectivity index (χ2n) is 5.42. The molecule has 0 radical (unpaired) electrons. The number of nitrogens with zero attached hydrogens (tertiary/aromatic N) is 2. The number of rotatable bonds is 2. The second kappa shape index (κ2) is 5.58. The van der Waals surface area contributed by atoms with E-state index in [2.05, 4.69) is 15.0 Å². The van der Waals surface area contributed by atoms with E-state index in [9.17, 15) is 9.90 Å². The highest BCUT2D eigenvalue weighted by molar-refractivity contribution is 7.18. The van der Waals surface area contributed by atoms with Crippen LogP contribution in [0.1, 0.15) is 5.69 Å². The number of benzene rings is 2. The summed E-state index contributed by atoms with van der Waals surface area (Å²) < 4.78 is 0. The van der Waals surface area contributed by atoms with E-state index in [1.165, 1.54) is 17.7 Å². The summed E-state index contributed by atoms with van der Waals surface area (Å²) in [5, 5.41) is 11.5. The third-order valence-corrected chi connectivity index (χ3v) is 5.06. The Morgan fingerprint density at radius 3 is 2.71 bits per heavy atom. The van der Waals surface area contributed by atoms with Crippen LogP contribution in [-0.2, 0) is 0 Å². The van der Waals surface area contributed by atoms with Gasteiger partial charge in [0.05, 0.1) is 22.3 Å². The molecule has 0 aliphatic rings. The summed E-state index contributed by atoms with van der Waals surface area (Å²) in [5.41, 5.74) is 2.69. The van der Waals surface area contributed by atoms with Gasteiger partial charge in [0, 0.05) is 5.56 Å². The molecule has 0 aliphatic heterocycles. The molecule has 0 spiro atoms. The van der Waals surface area contributed by atoms with E-state index < -0.39 is 0 Å². The number of thiazole rings is 1. The van der Waals surface area contributed by atoms with Crippen LogP contribution in [0.2, 0.25) is 0 Å². The van der Waals surface area contributed by atoms with Crippen LogP contribution >= 0.6 is 11.3 Å². The van der Waals surface area contributed by atoms with Gasteiger partial charge in [-0.25, -0.2) is 9.97 Å². The van der Waals surface area contributed by atoms with Gasteiger partial charge < -0.3 is 10.1 Å². The zero-order valence-corrected chi connectivity index (χ0v) is 13.6. The second-order valence-corrected chi connectivity index (χ2v) is 6.42. The lowest BCUT2D eigenvalue weighted by Gasteiger charge is -2.04. The van der Waals surface area contributed by atoms with Crippen LogP contribution < -0.4 is 5.56 Å². The van der Waals surface area contributed by atoms with E-state index in [1.54, 1.807) is 12.1 Å². The van der Waals surface area contributed by atoms with Crippen molar-refractivity contribution in [3.63, 3.8) is 0 Å². The van der Waals surface area contributed by atoms with Crippen molar-refractivity contribution in [2.24, 2.45) is 0 Å². The molecule has 0 amide bonds. The minimum atomic E-state index is -0.275. The molecule has 4 aromatic rings. The highest BCUT2D eigenvalue weighted by Gasteiger charge is 2.14. The molecule has 6 heteroatoms. The fourth-order valence-corrected chi connectivity index (χ4v) is 3.72. The van der Waals surface area contributed by atoms with Gasteiger partial charge in [-0.2, -0.15) is 0 Å². The smallest absolute Gasteiger partial charge is 0.258 e. The van der Waals surface area contributed by atoms with E-state index >= 15 is 0 Å². The van der Waals surface area contributed by atoms with Crippen molar-refractivity contribution in [3.05, 3.63) is 64.8 Å². The molecule has 5 nitrogen and oxygen atoms in total. The van der Waals surface area contributed by atoms with Crippen LogP contribution in [0.4, 0.5) is 0 Å². The number of fused-ring (bicyclic) bond motifs is 1. The molecule has 0 bridgehead atoms. The summed E-state index contributed by atoms with van der Waals surface area (Å²) >= 11 is 1.53. The molecule has 0 unspecified atom stereocenters. The Hall–Kier alpha value is -2.99. The van der Waals surface area contributed by atoms with Gasteiger partial charge >= 0.3 is 0 Å². The Balaban J connectivity index is 1.91. The van der Waals surface area contributed by atoms with Crippen LogP contribution in [0.5, 0.6) is 5.75 Å². The van der Waals surface area contributed by atoms with Crippen molar-refractivity contribution in [3.8, 4) is 26.8 Å². The van der Waals surface area contributed by atoms with Crippen molar-refractivity contribution >= 4 is 22.2 Å². The first kappa shape index (κ1) is 14.6. The van der Waals surface area contributed by atoms with Crippen LogP contribution in [0.25, 0.3) is 31.9 Å². The Morgan fingerprint density at radius 2 is 1.92 bits per heavy atom. The molecule has 2 aromatic heterocycles. The first-order valence-electron chi connectivity index (χ1n) is 7.37. The molecule has 118 valence electrons. The molecule has 2 heterocycles. The molecular formula is C18H13N3O2S. The molecule has 4 rings (SSSR count). The molecule has 2 aromatic carbocycles. The van der Waals surface area contributed by atoms with Crippen molar-refractivity contribution in [2.45, 2.75) is 6.92 Å². The Labute approximate surface area is 141 Å². The summed E-state index contributed by atoms with van der Waals surface area (Å²) in [6.45, 7) is 1.92. The van der Waals surface area contributed by atoms with Crippen LogP contribution in [0, 0.1) is 6.92 Å². The van der Waals surface area contributed by atoms with E-state index in [4.69, 9.17) is 0 Å². The predicted octanol–water partition coefficient (Wildman–Crippen LogP) is 3.73. The summed E-state index contributed by atoms with van der Waals surface area (Å²) in [4.78, 5) is 24.1. The fourth-order valence-electron chi connectivity index (χ4n) is 2.66. The topological polar surface area (TPSA) is 78.9 Å². The predicted molar refractivity (Wildman–Crippen MR) is 95.3 cm³/mol. The molecular weight excluding hydrogens is 322 g/mol. The standard InChI is InChI=1S/C18H13N3O2S/c1-10-16(24-18(21-10)11-5-3-2-4-6-11)12-7-13-15(14(22)8-12)19-9-20-17(13)23/h2-9,22H,1H3,(H,19,20,23). The number of hydrogen-bond acceptors (Lipinski definition) is 5. The molecule has 0 atom stereocenters. The number of hydrogen-bond donors (Lipinski definition) is 2. The molecule has 0 saturated heterocycles. The third kappa shape index (κ3) is 2.37. The molecule has 0 aliphatic carbocycles. The van der Waals surface area contributed by atoms with Gasteiger partial charge in [-0.15, -0.1) is 11.3 Å². The highest BCUT2D eigenvalue weighted by Crippen LogP contribution is 2.37. The number of phenolic OH excluding ortho intramolecular Hbond substituents is 1. The van der Waals surface area contributed by atoms with Gasteiger partial charge in [-0.05, 0) is 24.6 Å². The number of aromatic amines is 1. The first-order valence-corrected chi connectivity index (χ1v) is 8.19. The van der Waals surface area contributed by atoms with Gasteiger partial charge in [0.1, 0.15) is 16.3 Å². The minimum Gasteiger partial charge on any atom is -0.506 e. The molecule has 2 N–H and O–H groups in total. The number of aromatic hydroxyl groups is 1. The van der Waals surface area contributed by atoms with Crippen molar-refractivity contribution < 1.29 is 5.11 Å². The molecule has 0 fully saturated rings. The van der Waals surface area contributed by atoms with Gasteiger partial charge in [0.25, 0.3) is 5.56 Å². The average Bonchev–Trinajstić information content (AvgIpc) is 2.98. The van der Waals surface area contributed by atoms with Gasteiger partial charge in [-0.1, -0.05) is 30.3 Å². The van der Waals surface area contributed by atoms with Crippen LogP contribution in [0.3, 0.4) is 0 Å². The number of phenols is 1. The van der Waals surface area contributed by atoms with E-state index in [0.29, 0.717) is 10.9 Å². The van der Waals surface area contributed by atoms with Gasteiger partial charge in [-0.3, -0.25) is 4.79 Å². The lowest BCUT2D eigenvalue weighted by molar-refractivity contribution is 0.480. The first-order chi connectivity index (χ1) is 11.6. The quantitative estimate of drug-likeness (QED) is 0.585. The summed E-state index contributed by atoms with van der Waals surface area (Å²) in [7, 11) is 0.